The van der Waals surface area contributed by atoms with Gasteiger partial charge in [-0.1, -0.05) is 0 Å². The first-order chi connectivity index (χ1) is 7.70. The van der Waals surface area contributed by atoms with E-state index in [0.29, 0.717) is 32.6 Å². The highest BCUT2D eigenvalue weighted by Crippen LogP contribution is 2.22. The number of anilines is 1. The molecule has 0 unspecified atom stereocenters. The highest BCUT2D eigenvalue weighted by atomic mass is 16.5. The molecular formula is C11H17N3O2. The number of likely N-dealkylation sites (N-methyl/N-ethyl adjacent to an activating group) is 1. The molecule has 1 aliphatic heterocycles. The van der Waals surface area contributed by atoms with Gasteiger partial charge in [-0.25, -0.2) is 4.98 Å². The predicted molar refractivity (Wildman–Crippen MR) is 60.3 cm³/mol. The minimum Gasteiger partial charge on any atom is -0.388 e. The van der Waals surface area contributed by atoms with Gasteiger partial charge >= 0.3 is 0 Å². The molecule has 2 rings (SSSR count). The van der Waals surface area contributed by atoms with Crippen LogP contribution in [0.3, 0.4) is 0 Å². The van der Waals surface area contributed by atoms with Gasteiger partial charge in [-0.3, -0.25) is 4.98 Å². The van der Waals surface area contributed by atoms with Gasteiger partial charge < -0.3 is 14.7 Å². The third-order valence-electron chi connectivity index (χ3n) is 2.90. The fourth-order valence-corrected chi connectivity index (χ4v) is 1.92. The smallest absolute Gasteiger partial charge is 0.146 e. The highest BCUT2D eigenvalue weighted by molar-refractivity contribution is 5.34. The Bertz CT molecular complexity index is 325. The van der Waals surface area contributed by atoms with Crippen LogP contribution in [0.1, 0.15) is 12.8 Å². The lowest BCUT2D eigenvalue weighted by Gasteiger charge is -2.35. The first-order valence-corrected chi connectivity index (χ1v) is 5.47. The molecule has 5 heteroatoms. The summed E-state index contributed by atoms with van der Waals surface area (Å²) in [6, 6.07) is 0. The lowest BCUT2D eigenvalue weighted by molar-refractivity contribution is -0.0573. The van der Waals surface area contributed by atoms with Crippen LogP contribution >= 0.6 is 0 Å². The Labute approximate surface area is 95.1 Å². The SMILES string of the molecule is CN(CC1(O)CCOCC1)c1cnccn1. The molecule has 1 N–H and O–H groups in total. The summed E-state index contributed by atoms with van der Waals surface area (Å²) in [5.41, 5.74) is -0.662. The summed E-state index contributed by atoms with van der Waals surface area (Å²) < 4.78 is 5.25. The second kappa shape index (κ2) is 4.76. The number of hydrogen-bond acceptors (Lipinski definition) is 5. The molecule has 88 valence electrons. The van der Waals surface area contributed by atoms with E-state index in [1.807, 2.05) is 11.9 Å². The standard InChI is InChI=1S/C11H17N3O2/c1-14(10-8-12-4-5-13-10)9-11(15)2-6-16-7-3-11/h4-5,8,15H,2-3,6-7,9H2,1H3. The van der Waals surface area contributed by atoms with E-state index in [9.17, 15) is 5.11 Å². The number of aromatic nitrogens is 2. The quantitative estimate of drug-likeness (QED) is 0.806. The summed E-state index contributed by atoms with van der Waals surface area (Å²) in [7, 11) is 1.91. The van der Waals surface area contributed by atoms with Gasteiger partial charge in [0.05, 0.1) is 11.8 Å². The predicted octanol–water partition coefficient (Wildman–Crippen LogP) is 0.454. The number of rotatable bonds is 3. The van der Waals surface area contributed by atoms with Crippen molar-refractivity contribution in [3.63, 3.8) is 0 Å². The Morgan fingerprint density at radius 3 is 2.81 bits per heavy atom. The summed E-state index contributed by atoms with van der Waals surface area (Å²) in [6.07, 6.45) is 6.35. The van der Waals surface area contributed by atoms with Crippen molar-refractivity contribution in [3.05, 3.63) is 18.6 Å². The number of aliphatic hydroxyl groups is 1. The first kappa shape index (κ1) is 11.3. The molecule has 0 aliphatic carbocycles. The zero-order chi connectivity index (χ0) is 11.4. The largest absolute Gasteiger partial charge is 0.388 e. The molecule has 1 saturated heterocycles. The van der Waals surface area contributed by atoms with Crippen LogP contribution in [-0.4, -0.2) is 47.5 Å². The summed E-state index contributed by atoms with van der Waals surface area (Å²) in [6.45, 7) is 1.82. The van der Waals surface area contributed by atoms with Crippen molar-refractivity contribution < 1.29 is 9.84 Å². The van der Waals surface area contributed by atoms with Gasteiger partial charge in [-0.05, 0) is 0 Å². The average molecular weight is 223 g/mol. The molecule has 5 nitrogen and oxygen atoms in total. The Balaban J connectivity index is 1.98. The van der Waals surface area contributed by atoms with E-state index in [1.165, 1.54) is 0 Å². The van der Waals surface area contributed by atoms with E-state index < -0.39 is 5.60 Å². The first-order valence-electron chi connectivity index (χ1n) is 5.47. The van der Waals surface area contributed by atoms with Crippen molar-refractivity contribution in [2.75, 3.05) is 31.7 Å². The molecule has 0 radical (unpaired) electrons. The molecule has 1 aliphatic rings. The number of ether oxygens (including phenoxy) is 1. The van der Waals surface area contributed by atoms with Crippen LogP contribution in [-0.2, 0) is 4.74 Å². The van der Waals surface area contributed by atoms with E-state index in [1.54, 1.807) is 18.6 Å². The topological polar surface area (TPSA) is 58.5 Å². The van der Waals surface area contributed by atoms with Gasteiger partial charge in [0.25, 0.3) is 0 Å². The van der Waals surface area contributed by atoms with E-state index in [-0.39, 0.29) is 0 Å². The van der Waals surface area contributed by atoms with Crippen LogP contribution in [0.2, 0.25) is 0 Å². The summed E-state index contributed by atoms with van der Waals surface area (Å²) in [4.78, 5) is 10.1. The Morgan fingerprint density at radius 1 is 1.44 bits per heavy atom. The van der Waals surface area contributed by atoms with Gasteiger partial charge in [0, 0.05) is 52.0 Å². The molecular weight excluding hydrogens is 206 g/mol. The van der Waals surface area contributed by atoms with Crippen LogP contribution in [0.25, 0.3) is 0 Å². The average Bonchev–Trinajstić information content (AvgIpc) is 2.30. The maximum Gasteiger partial charge on any atom is 0.146 e. The molecule has 16 heavy (non-hydrogen) atoms. The van der Waals surface area contributed by atoms with Crippen molar-refractivity contribution in [3.8, 4) is 0 Å². The maximum absolute atomic E-state index is 10.3. The Morgan fingerprint density at radius 2 is 2.19 bits per heavy atom. The van der Waals surface area contributed by atoms with E-state index in [2.05, 4.69) is 9.97 Å². The molecule has 0 amide bonds. The second-order valence-corrected chi connectivity index (χ2v) is 4.26. The third-order valence-corrected chi connectivity index (χ3v) is 2.90. The monoisotopic (exact) mass is 223 g/mol. The molecule has 2 heterocycles. The van der Waals surface area contributed by atoms with E-state index >= 15 is 0 Å². The third kappa shape index (κ3) is 2.68. The molecule has 1 aromatic heterocycles. The molecule has 0 saturated carbocycles. The molecule has 0 atom stereocenters. The van der Waals surface area contributed by atoms with Gasteiger partial charge in [0.15, 0.2) is 0 Å². The van der Waals surface area contributed by atoms with Crippen molar-refractivity contribution in [2.45, 2.75) is 18.4 Å². The maximum atomic E-state index is 10.3. The fourth-order valence-electron chi connectivity index (χ4n) is 1.92. The summed E-state index contributed by atoms with van der Waals surface area (Å²) in [5.74, 6) is 0.780. The van der Waals surface area contributed by atoms with Gasteiger partial charge in [-0.2, -0.15) is 0 Å². The lowest BCUT2D eigenvalue weighted by Crippen LogP contribution is -2.46. The summed E-state index contributed by atoms with van der Waals surface area (Å²) >= 11 is 0. The van der Waals surface area contributed by atoms with E-state index in [0.717, 1.165) is 5.82 Å². The van der Waals surface area contributed by atoms with Crippen LogP contribution in [0.4, 0.5) is 5.82 Å². The lowest BCUT2D eigenvalue weighted by atomic mass is 9.94. The van der Waals surface area contributed by atoms with Gasteiger partial charge in [0.1, 0.15) is 5.82 Å². The van der Waals surface area contributed by atoms with Gasteiger partial charge in [-0.15, -0.1) is 0 Å². The van der Waals surface area contributed by atoms with Gasteiger partial charge in [0.2, 0.25) is 0 Å². The van der Waals surface area contributed by atoms with Crippen LogP contribution < -0.4 is 4.90 Å². The highest BCUT2D eigenvalue weighted by Gasteiger charge is 2.31. The van der Waals surface area contributed by atoms with Crippen molar-refractivity contribution >= 4 is 5.82 Å². The number of nitrogens with zero attached hydrogens (tertiary/aromatic N) is 3. The molecule has 0 bridgehead atoms. The molecule has 1 fully saturated rings. The van der Waals surface area contributed by atoms with Crippen molar-refractivity contribution in [1.82, 2.24) is 9.97 Å². The molecule has 0 spiro atoms. The minimum absolute atomic E-state index is 0.565. The Kier molecular flexibility index (Phi) is 3.36. The van der Waals surface area contributed by atoms with Crippen molar-refractivity contribution in [2.24, 2.45) is 0 Å². The normalized spacial score (nSPS) is 19.4. The van der Waals surface area contributed by atoms with E-state index in [4.69, 9.17) is 4.74 Å². The summed E-state index contributed by atoms with van der Waals surface area (Å²) in [5, 5.41) is 10.3. The fraction of sp³-hybridized carbons (Fsp3) is 0.636. The zero-order valence-corrected chi connectivity index (χ0v) is 9.46. The Hall–Kier alpha value is -1.20. The number of hydrogen-bond donors (Lipinski definition) is 1. The second-order valence-electron chi connectivity index (χ2n) is 4.26. The minimum atomic E-state index is -0.662. The van der Waals surface area contributed by atoms with Crippen LogP contribution in [0, 0.1) is 0 Å². The molecule has 1 aromatic rings. The zero-order valence-electron chi connectivity index (χ0n) is 9.46. The molecule has 0 aromatic carbocycles. The van der Waals surface area contributed by atoms with Crippen LogP contribution in [0.5, 0.6) is 0 Å². The van der Waals surface area contributed by atoms with Crippen LogP contribution in [0.15, 0.2) is 18.6 Å². The van der Waals surface area contributed by atoms with Crippen molar-refractivity contribution in [1.29, 1.82) is 0 Å².